The molecule has 190 valence electrons. The zero-order valence-electron chi connectivity index (χ0n) is 20.3. The van der Waals surface area contributed by atoms with Gasteiger partial charge < -0.3 is 20.6 Å². The highest BCUT2D eigenvalue weighted by Crippen LogP contribution is 2.32. The second kappa shape index (κ2) is 10.6. The summed E-state index contributed by atoms with van der Waals surface area (Å²) < 4.78 is 43.2. The van der Waals surface area contributed by atoms with E-state index in [1.807, 2.05) is 6.92 Å². The number of halogens is 3. The highest BCUT2D eigenvalue weighted by atomic mass is 19.2. The number of aliphatic hydroxyl groups is 1. The van der Waals surface area contributed by atoms with E-state index in [-0.39, 0.29) is 30.4 Å². The van der Waals surface area contributed by atoms with E-state index in [2.05, 4.69) is 17.6 Å². The summed E-state index contributed by atoms with van der Waals surface area (Å²) in [7, 11) is 0. The Labute approximate surface area is 204 Å². The molecule has 1 aliphatic carbocycles. The highest BCUT2D eigenvalue weighted by molar-refractivity contribution is 6.01. The van der Waals surface area contributed by atoms with Gasteiger partial charge in [-0.1, -0.05) is 32.3 Å². The minimum absolute atomic E-state index is 0.0539. The maximum atomic E-state index is 14.7. The Balaban J connectivity index is 1.43. The maximum absolute atomic E-state index is 14.7. The summed E-state index contributed by atoms with van der Waals surface area (Å²) in [5, 5.41) is 16.8. The van der Waals surface area contributed by atoms with Gasteiger partial charge in [-0.15, -0.1) is 0 Å². The number of carbonyl (C=O) groups excluding carboxylic acids is 1. The van der Waals surface area contributed by atoms with Gasteiger partial charge in [0.05, 0.1) is 30.0 Å². The van der Waals surface area contributed by atoms with Crippen molar-refractivity contribution in [2.45, 2.75) is 64.0 Å². The lowest BCUT2D eigenvalue weighted by Crippen LogP contribution is -2.68. The van der Waals surface area contributed by atoms with E-state index in [9.17, 15) is 23.1 Å². The Kier molecular flexibility index (Phi) is 7.71. The number of anilines is 2. The topological polar surface area (TPSA) is 64.6 Å². The fourth-order valence-corrected chi connectivity index (χ4v) is 5.11. The maximum Gasteiger partial charge on any atom is 0.256 e. The molecule has 2 aromatic carbocycles. The van der Waals surface area contributed by atoms with Crippen LogP contribution in [0.25, 0.3) is 0 Å². The molecule has 2 aliphatic rings. The van der Waals surface area contributed by atoms with E-state index in [1.165, 1.54) is 55.2 Å². The molecule has 1 saturated carbocycles. The SMILES string of the molecule is CCc1ccc(Nc2c(C(=O)N3CC(O)(CNC(C)C4CCCCC4)C3)ccc(F)c2F)c(F)c1. The smallest absolute Gasteiger partial charge is 0.256 e. The monoisotopic (exact) mass is 489 g/mol. The van der Waals surface area contributed by atoms with Gasteiger partial charge in [0.2, 0.25) is 0 Å². The van der Waals surface area contributed by atoms with E-state index >= 15 is 0 Å². The molecule has 1 unspecified atom stereocenters. The first-order chi connectivity index (χ1) is 16.7. The minimum Gasteiger partial charge on any atom is -0.385 e. The van der Waals surface area contributed by atoms with Gasteiger partial charge in [0.15, 0.2) is 11.6 Å². The summed E-state index contributed by atoms with van der Waals surface area (Å²) >= 11 is 0. The average Bonchev–Trinajstić information content (AvgIpc) is 2.84. The molecular formula is C27H34F3N3O2. The summed E-state index contributed by atoms with van der Waals surface area (Å²) in [4.78, 5) is 14.5. The number of hydrogen-bond donors (Lipinski definition) is 3. The summed E-state index contributed by atoms with van der Waals surface area (Å²) in [6.07, 6.45) is 6.75. The van der Waals surface area contributed by atoms with Crippen molar-refractivity contribution in [1.29, 1.82) is 0 Å². The summed E-state index contributed by atoms with van der Waals surface area (Å²) in [6.45, 7) is 4.52. The van der Waals surface area contributed by atoms with Crippen LogP contribution in [-0.4, -0.2) is 47.2 Å². The van der Waals surface area contributed by atoms with Crippen LogP contribution in [0.15, 0.2) is 30.3 Å². The molecule has 1 atom stereocenters. The van der Waals surface area contributed by atoms with E-state index in [0.717, 1.165) is 11.6 Å². The predicted molar refractivity (Wildman–Crippen MR) is 130 cm³/mol. The van der Waals surface area contributed by atoms with E-state index in [4.69, 9.17) is 0 Å². The first kappa shape index (κ1) is 25.5. The molecule has 8 heteroatoms. The molecule has 0 radical (unpaired) electrons. The average molecular weight is 490 g/mol. The van der Waals surface area contributed by atoms with Crippen molar-refractivity contribution in [2.75, 3.05) is 25.0 Å². The van der Waals surface area contributed by atoms with Gasteiger partial charge in [-0.2, -0.15) is 0 Å². The number of nitrogens with zero attached hydrogens (tertiary/aromatic N) is 1. The Morgan fingerprint density at radius 2 is 1.83 bits per heavy atom. The van der Waals surface area contributed by atoms with Gasteiger partial charge in [-0.05, 0) is 61.9 Å². The number of rotatable bonds is 8. The van der Waals surface area contributed by atoms with E-state index in [1.54, 1.807) is 6.07 Å². The quantitative estimate of drug-likeness (QED) is 0.480. The summed E-state index contributed by atoms with van der Waals surface area (Å²) in [5.41, 5.74) is -0.907. The summed E-state index contributed by atoms with van der Waals surface area (Å²) in [6, 6.07) is 6.78. The van der Waals surface area contributed by atoms with Crippen LogP contribution in [0.4, 0.5) is 24.5 Å². The largest absolute Gasteiger partial charge is 0.385 e. The van der Waals surface area contributed by atoms with Crippen LogP contribution in [0.5, 0.6) is 0 Å². The lowest BCUT2D eigenvalue weighted by atomic mass is 9.84. The molecule has 1 saturated heterocycles. The standard InChI is InChI=1S/C27H34F3N3O2/c1-3-18-9-12-23(22(29)13-18)32-25-20(10-11-21(28)24(25)30)26(34)33-15-27(35,16-33)14-31-17(2)19-7-5-4-6-8-19/h9-13,17,19,31-32,35H,3-8,14-16H2,1-2H3. The summed E-state index contributed by atoms with van der Waals surface area (Å²) in [5.74, 6) is -2.98. The highest BCUT2D eigenvalue weighted by Gasteiger charge is 2.44. The fourth-order valence-electron chi connectivity index (χ4n) is 5.11. The van der Waals surface area contributed by atoms with Crippen LogP contribution in [0.3, 0.4) is 0 Å². The predicted octanol–water partition coefficient (Wildman–Crippen LogP) is 5.16. The Hall–Kier alpha value is -2.58. The molecule has 35 heavy (non-hydrogen) atoms. The first-order valence-electron chi connectivity index (χ1n) is 12.5. The zero-order valence-corrected chi connectivity index (χ0v) is 20.3. The molecule has 0 bridgehead atoms. The first-order valence-corrected chi connectivity index (χ1v) is 12.5. The number of nitrogens with one attached hydrogen (secondary N) is 2. The Morgan fingerprint density at radius 1 is 1.11 bits per heavy atom. The number of amides is 1. The van der Waals surface area contributed by atoms with Gasteiger partial charge in [-0.3, -0.25) is 4.79 Å². The van der Waals surface area contributed by atoms with Gasteiger partial charge in [0.25, 0.3) is 5.91 Å². The number of hydrogen-bond acceptors (Lipinski definition) is 4. The molecular weight excluding hydrogens is 455 g/mol. The van der Waals surface area contributed by atoms with Crippen LogP contribution in [0.1, 0.15) is 61.9 Å². The molecule has 1 aliphatic heterocycles. The van der Waals surface area contributed by atoms with Crippen molar-refractivity contribution in [2.24, 2.45) is 5.92 Å². The number of β-amino-alcohol motifs (C(OH)–C–C–N with tert-alkyl or cyclic N) is 1. The van der Waals surface area contributed by atoms with Crippen molar-refractivity contribution in [3.8, 4) is 0 Å². The van der Waals surface area contributed by atoms with E-state index in [0.29, 0.717) is 18.9 Å². The van der Waals surface area contributed by atoms with Gasteiger partial charge in [-0.25, -0.2) is 13.2 Å². The lowest BCUT2D eigenvalue weighted by molar-refractivity contribution is -0.0804. The van der Waals surface area contributed by atoms with Crippen molar-refractivity contribution >= 4 is 17.3 Å². The van der Waals surface area contributed by atoms with Crippen LogP contribution >= 0.6 is 0 Å². The molecule has 0 aromatic heterocycles. The van der Waals surface area contributed by atoms with Gasteiger partial charge >= 0.3 is 0 Å². The fraction of sp³-hybridized carbons (Fsp3) is 0.519. The number of likely N-dealkylation sites (tertiary alicyclic amines) is 1. The third-order valence-electron chi connectivity index (χ3n) is 7.39. The molecule has 2 aromatic rings. The second-order valence-electron chi connectivity index (χ2n) is 10.0. The molecule has 3 N–H and O–H groups in total. The Morgan fingerprint density at radius 3 is 2.49 bits per heavy atom. The number of benzene rings is 2. The number of carbonyl (C=O) groups is 1. The van der Waals surface area contributed by atoms with Crippen LogP contribution < -0.4 is 10.6 Å². The van der Waals surface area contributed by atoms with Crippen LogP contribution in [-0.2, 0) is 6.42 Å². The van der Waals surface area contributed by atoms with Gasteiger partial charge in [0, 0.05) is 12.6 Å². The zero-order chi connectivity index (χ0) is 25.2. The normalized spacial score (nSPS) is 18.7. The third kappa shape index (κ3) is 5.64. The Bertz CT molecular complexity index is 1070. The molecule has 5 nitrogen and oxygen atoms in total. The molecule has 2 fully saturated rings. The second-order valence-corrected chi connectivity index (χ2v) is 10.0. The van der Waals surface area contributed by atoms with Crippen molar-refractivity contribution in [3.63, 3.8) is 0 Å². The van der Waals surface area contributed by atoms with E-state index < -0.39 is 34.6 Å². The molecule has 1 heterocycles. The lowest BCUT2D eigenvalue weighted by Gasteiger charge is -2.47. The van der Waals surface area contributed by atoms with Crippen molar-refractivity contribution < 1.29 is 23.1 Å². The van der Waals surface area contributed by atoms with Crippen molar-refractivity contribution in [3.05, 3.63) is 58.9 Å². The van der Waals surface area contributed by atoms with Crippen LogP contribution in [0.2, 0.25) is 0 Å². The van der Waals surface area contributed by atoms with Crippen molar-refractivity contribution in [1.82, 2.24) is 10.2 Å². The van der Waals surface area contributed by atoms with Gasteiger partial charge in [0.1, 0.15) is 11.4 Å². The minimum atomic E-state index is -1.26. The van der Waals surface area contributed by atoms with Crippen LogP contribution in [0, 0.1) is 23.4 Å². The number of aryl methyl sites for hydroxylation is 1. The third-order valence-corrected chi connectivity index (χ3v) is 7.39. The molecule has 4 rings (SSSR count). The molecule has 1 amide bonds. The molecule has 0 spiro atoms.